The average Bonchev–Trinajstić information content (AvgIpc) is 2.87. The number of carboxylic acid groups (broad SMARTS) is 2. The molecule has 1 aromatic rings. The van der Waals surface area contributed by atoms with Crippen molar-refractivity contribution in [2.75, 3.05) is 19.7 Å². The third-order valence-corrected chi connectivity index (χ3v) is 3.23. The lowest BCUT2D eigenvalue weighted by molar-refractivity contribution is -0.159. The van der Waals surface area contributed by atoms with E-state index in [0.29, 0.717) is 11.8 Å². The van der Waals surface area contributed by atoms with Gasteiger partial charge in [0, 0.05) is 31.5 Å². The van der Waals surface area contributed by atoms with E-state index in [1.807, 2.05) is 0 Å². The molecule has 1 saturated heterocycles. The number of carbonyl (C=O) groups is 2. The van der Waals surface area contributed by atoms with Gasteiger partial charge in [0.2, 0.25) is 0 Å². The van der Waals surface area contributed by atoms with E-state index < -0.39 is 11.9 Å². The molecule has 0 spiro atoms. The molecule has 0 aliphatic carbocycles. The molecule has 0 aromatic heterocycles. The molecule has 0 amide bonds. The lowest BCUT2D eigenvalue weighted by Gasteiger charge is -2.16. The van der Waals surface area contributed by atoms with Crippen LogP contribution in [0.3, 0.4) is 0 Å². The summed E-state index contributed by atoms with van der Waals surface area (Å²) in [6.45, 7) is 4.33. The molecule has 2 unspecified atom stereocenters. The zero-order valence-corrected chi connectivity index (χ0v) is 11.2. The van der Waals surface area contributed by atoms with Crippen LogP contribution in [0.4, 0.5) is 0 Å². The number of carboxylic acids is 2. The number of aryl methyl sites for hydroxylation is 1. The summed E-state index contributed by atoms with van der Waals surface area (Å²) in [5.41, 5.74) is 2.65. The Labute approximate surface area is 117 Å². The second-order valence-electron chi connectivity index (χ2n) is 4.73. The summed E-state index contributed by atoms with van der Waals surface area (Å²) in [5, 5.41) is 27.3. The Kier molecular flexibility index (Phi) is 6.14. The number of rotatable bonds is 2. The van der Waals surface area contributed by atoms with Crippen LogP contribution >= 0.6 is 0 Å². The van der Waals surface area contributed by atoms with Gasteiger partial charge in [0.25, 0.3) is 0 Å². The lowest BCUT2D eigenvalue weighted by atomic mass is 9.89. The molecule has 110 valence electrons. The van der Waals surface area contributed by atoms with E-state index in [2.05, 4.69) is 36.5 Å². The summed E-state index contributed by atoms with van der Waals surface area (Å²) < 4.78 is 0. The first-order valence-electron chi connectivity index (χ1n) is 6.30. The van der Waals surface area contributed by atoms with Gasteiger partial charge in [0.1, 0.15) is 0 Å². The van der Waals surface area contributed by atoms with Crippen molar-refractivity contribution >= 4 is 11.9 Å². The Bertz CT molecular complexity index is 462. The Hall–Kier alpha value is -1.92. The van der Waals surface area contributed by atoms with E-state index >= 15 is 0 Å². The molecule has 1 fully saturated rings. The topological polar surface area (TPSA) is 107 Å². The maximum absolute atomic E-state index is 9.23. The number of aliphatic carboxylic acids is 2. The molecule has 0 bridgehead atoms. The molecule has 1 aromatic carbocycles. The van der Waals surface area contributed by atoms with Crippen LogP contribution in [0.1, 0.15) is 17.0 Å². The van der Waals surface area contributed by atoms with Crippen LogP contribution in [0.5, 0.6) is 0 Å². The van der Waals surface area contributed by atoms with Crippen LogP contribution in [0, 0.1) is 12.8 Å². The summed E-state index contributed by atoms with van der Waals surface area (Å²) >= 11 is 0. The third-order valence-electron chi connectivity index (χ3n) is 3.23. The molecule has 2 atom stereocenters. The summed E-state index contributed by atoms with van der Waals surface area (Å²) in [4.78, 5) is 18.2. The Balaban J connectivity index is 0.000000286. The minimum atomic E-state index is -1.82. The first kappa shape index (κ1) is 16.1. The van der Waals surface area contributed by atoms with Crippen molar-refractivity contribution in [2.45, 2.75) is 12.8 Å². The van der Waals surface area contributed by atoms with Gasteiger partial charge in [-0.05, 0) is 12.5 Å². The van der Waals surface area contributed by atoms with Gasteiger partial charge in [-0.15, -0.1) is 0 Å². The third kappa shape index (κ3) is 4.64. The second-order valence-corrected chi connectivity index (χ2v) is 4.73. The Morgan fingerprint density at radius 1 is 1.25 bits per heavy atom. The van der Waals surface area contributed by atoms with Crippen molar-refractivity contribution in [3.63, 3.8) is 0 Å². The number of benzene rings is 1. The molecule has 1 aliphatic rings. The zero-order valence-electron chi connectivity index (χ0n) is 11.2. The highest BCUT2D eigenvalue weighted by Gasteiger charge is 2.27. The van der Waals surface area contributed by atoms with E-state index in [-0.39, 0.29) is 6.61 Å². The van der Waals surface area contributed by atoms with E-state index in [4.69, 9.17) is 19.8 Å². The van der Waals surface area contributed by atoms with Crippen molar-refractivity contribution in [3.05, 3.63) is 35.4 Å². The average molecular weight is 281 g/mol. The van der Waals surface area contributed by atoms with E-state index in [1.165, 1.54) is 11.1 Å². The molecule has 6 heteroatoms. The molecule has 0 saturated carbocycles. The quantitative estimate of drug-likeness (QED) is 0.586. The van der Waals surface area contributed by atoms with Crippen LogP contribution in [-0.4, -0.2) is 47.0 Å². The maximum Gasteiger partial charge on any atom is 0.414 e. The zero-order chi connectivity index (χ0) is 15.1. The van der Waals surface area contributed by atoms with E-state index in [0.717, 1.165) is 13.1 Å². The molecule has 6 nitrogen and oxygen atoms in total. The van der Waals surface area contributed by atoms with Crippen molar-refractivity contribution in [2.24, 2.45) is 5.92 Å². The van der Waals surface area contributed by atoms with Gasteiger partial charge in [0.15, 0.2) is 0 Å². The number of aliphatic hydroxyl groups is 1. The van der Waals surface area contributed by atoms with Gasteiger partial charge in [0.05, 0.1) is 0 Å². The molecule has 0 radical (unpaired) electrons. The standard InChI is InChI=1S/C12H17NO.C2H2O4/c1-9-3-2-4-10(5-9)12-7-13-6-11(12)8-14;3-1(4)2(5)6/h2-5,11-14H,6-8H2,1H3;(H,3,4)(H,5,6). The van der Waals surface area contributed by atoms with Gasteiger partial charge in [-0.3, -0.25) is 0 Å². The Morgan fingerprint density at radius 3 is 2.40 bits per heavy atom. The predicted molar refractivity (Wildman–Crippen MR) is 72.6 cm³/mol. The normalized spacial score (nSPS) is 20.9. The first-order chi connectivity index (χ1) is 9.45. The van der Waals surface area contributed by atoms with Gasteiger partial charge < -0.3 is 20.6 Å². The summed E-state index contributed by atoms with van der Waals surface area (Å²) in [7, 11) is 0. The molecule has 1 heterocycles. The predicted octanol–water partition coefficient (Wildman–Crippen LogP) is 0.446. The van der Waals surface area contributed by atoms with Gasteiger partial charge >= 0.3 is 11.9 Å². The van der Waals surface area contributed by atoms with Gasteiger partial charge in [-0.1, -0.05) is 29.8 Å². The molecule has 4 N–H and O–H groups in total. The minimum Gasteiger partial charge on any atom is -0.473 e. The van der Waals surface area contributed by atoms with Crippen LogP contribution < -0.4 is 5.32 Å². The summed E-state index contributed by atoms with van der Waals surface area (Å²) in [5.74, 6) is -2.78. The summed E-state index contributed by atoms with van der Waals surface area (Å²) in [6.07, 6.45) is 0. The van der Waals surface area contributed by atoms with E-state index in [9.17, 15) is 5.11 Å². The SMILES string of the molecule is Cc1cccc(C2CNCC2CO)c1.O=C(O)C(=O)O. The van der Waals surface area contributed by atoms with Gasteiger partial charge in [-0.2, -0.15) is 0 Å². The molecule has 20 heavy (non-hydrogen) atoms. The maximum atomic E-state index is 9.23. The minimum absolute atomic E-state index is 0.283. The molecule has 2 rings (SSSR count). The fourth-order valence-electron chi connectivity index (χ4n) is 2.22. The van der Waals surface area contributed by atoms with Crippen molar-refractivity contribution in [3.8, 4) is 0 Å². The van der Waals surface area contributed by atoms with Crippen molar-refractivity contribution < 1.29 is 24.9 Å². The van der Waals surface area contributed by atoms with Crippen LogP contribution in [0.25, 0.3) is 0 Å². The highest BCUT2D eigenvalue weighted by molar-refractivity contribution is 6.27. The lowest BCUT2D eigenvalue weighted by Crippen LogP contribution is -2.14. The highest BCUT2D eigenvalue weighted by Crippen LogP contribution is 2.27. The molecular formula is C14H19NO5. The largest absolute Gasteiger partial charge is 0.473 e. The molecular weight excluding hydrogens is 262 g/mol. The van der Waals surface area contributed by atoms with Crippen LogP contribution in [0.15, 0.2) is 24.3 Å². The highest BCUT2D eigenvalue weighted by atomic mass is 16.4. The van der Waals surface area contributed by atoms with E-state index in [1.54, 1.807) is 0 Å². The number of aliphatic hydroxyl groups excluding tert-OH is 1. The van der Waals surface area contributed by atoms with Gasteiger partial charge in [-0.25, -0.2) is 9.59 Å². The fraction of sp³-hybridized carbons (Fsp3) is 0.429. The Morgan fingerprint density at radius 2 is 1.90 bits per heavy atom. The smallest absolute Gasteiger partial charge is 0.414 e. The second kappa shape index (κ2) is 7.62. The number of nitrogens with one attached hydrogen (secondary N) is 1. The number of hydrogen-bond acceptors (Lipinski definition) is 4. The van der Waals surface area contributed by atoms with Crippen molar-refractivity contribution in [1.82, 2.24) is 5.32 Å². The molecule has 1 aliphatic heterocycles. The van der Waals surface area contributed by atoms with Crippen molar-refractivity contribution in [1.29, 1.82) is 0 Å². The summed E-state index contributed by atoms with van der Waals surface area (Å²) in [6, 6.07) is 8.59. The van der Waals surface area contributed by atoms with Crippen LogP contribution in [0.2, 0.25) is 0 Å². The van der Waals surface area contributed by atoms with Crippen LogP contribution in [-0.2, 0) is 9.59 Å². The number of hydrogen-bond donors (Lipinski definition) is 4. The fourth-order valence-corrected chi connectivity index (χ4v) is 2.22. The monoisotopic (exact) mass is 281 g/mol. The first-order valence-corrected chi connectivity index (χ1v) is 6.30.